The van der Waals surface area contributed by atoms with Crippen molar-refractivity contribution in [3.05, 3.63) is 35.9 Å². The lowest BCUT2D eigenvalue weighted by Gasteiger charge is -2.11. The molecular weight excluding hydrogens is 280 g/mol. The summed E-state index contributed by atoms with van der Waals surface area (Å²) in [5.74, 6) is -1.08. The monoisotopic (exact) mass is 294 g/mol. The van der Waals surface area contributed by atoms with Gasteiger partial charge in [0.2, 0.25) is 10.0 Å². The number of nitrogens with one attached hydrogen (secondary N) is 1. The van der Waals surface area contributed by atoms with Gasteiger partial charge in [-0.25, -0.2) is 17.9 Å². The van der Waals surface area contributed by atoms with E-state index < -0.39 is 22.0 Å². The van der Waals surface area contributed by atoms with Crippen LogP contribution in [-0.4, -0.2) is 25.5 Å². The van der Waals surface area contributed by atoms with Crippen LogP contribution in [0.4, 0.5) is 0 Å². The van der Waals surface area contributed by atoms with E-state index in [-0.39, 0.29) is 11.3 Å². The Morgan fingerprint density at radius 1 is 1.45 bits per heavy atom. The first kappa shape index (κ1) is 15.9. The maximum Gasteiger partial charge on any atom is 0.328 e. The average molecular weight is 294 g/mol. The first-order valence-electron chi connectivity index (χ1n) is 5.75. The van der Waals surface area contributed by atoms with Gasteiger partial charge in [-0.3, -0.25) is 0 Å². The Labute approximate surface area is 117 Å². The standard InChI is InChI=1S/C13H14N2O4S/c1-10(8-9-14)15-20(18,19)12-5-2-11(3-6-12)4-7-13(16)17/h2-7,10,15H,8H2,1H3,(H,16,17). The minimum absolute atomic E-state index is 0.0646. The summed E-state index contributed by atoms with van der Waals surface area (Å²) >= 11 is 0. The zero-order valence-electron chi connectivity index (χ0n) is 10.8. The predicted octanol–water partition coefficient (Wildman–Crippen LogP) is 1.36. The fourth-order valence-electron chi connectivity index (χ4n) is 1.44. The fraction of sp³-hybridized carbons (Fsp3) is 0.231. The van der Waals surface area contributed by atoms with E-state index in [1.165, 1.54) is 30.3 Å². The van der Waals surface area contributed by atoms with Crippen LogP contribution in [-0.2, 0) is 14.8 Å². The largest absolute Gasteiger partial charge is 0.478 e. The van der Waals surface area contributed by atoms with Crippen LogP contribution in [0.5, 0.6) is 0 Å². The van der Waals surface area contributed by atoms with E-state index in [0.717, 1.165) is 6.08 Å². The first-order chi connectivity index (χ1) is 9.35. The molecule has 0 aliphatic rings. The van der Waals surface area contributed by atoms with Gasteiger partial charge in [-0.1, -0.05) is 12.1 Å². The van der Waals surface area contributed by atoms with Crippen molar-refractivity contribution in [2.75, 3.05) is 0 Å². The molecule has 1 aromatic rings. The number of carbonyl (C=O) groups is 1. The molecule has 6 nitrogen and oxygen atoms in total. The maximum absolute atomic E-state index is 12.0. The van der Waals surface area contributed by atoms with Crippen LogP contribution in [0, 0.1) is 11.3 Å². The van der Waals surface area contributed by atoms with Crippen molar-refractivity contribution in [2.24, 2.45) is 0 Å². The number of nitrogens with zero attached hydrogens (tertiary/aromatic N) is 1. The molecule has 0 spiro atoms. The number of aliphatic carboxylic acids is 1. The van der Waals surface area contributed by atoms with Gasteiger partial charge in [-0.05, 0) is 30.7 Å². The van der Waals surface area contributed by atoms with Crippen molar-refractivity contribution in [3.8, 4) is 6.07 Å². The third-order valence-electron chi connectivity index (χ3n) is 2.36. The molecule has 0 saturated carbocycles. The summed E-state index contributed by atoms with van der Waals surface area (Å²) in [4.78, 5) is 10.4. The van der Waals surface area contributed by atoms with Crippen molar-refractivity contribution in [3.63, 3.8) is 0 Å². The Bertz CT molecular complexity index is 642. The molecule has 1 unspecified atom stereocenters. The Kier molecular flexibility index (Phi) is 5.43. The molecule has 1 aromatic carbocycles. The molecule has 2 N–H and O–H groups in total. The fourth-order valence-corrected chi connectivity index (χ4v) is 2.68. The van der Waals surface area contributed by atoms with Gasteiger partial charge in [-0.15, -0.1) is 0 Å². The van der Waals surface area contributed by atoms with E-state index in [9.17, 15) is 13.2 Å². The summed E-state index contributed by atoms with van der Waals surface area (Å²) in [6.45, 7) is 1.60. The third-order valence-corrected chi connectivity index (χ3v) is 3.97. The van der Waals surface area contributed by atoms with Crippen molar-refractivity contribution < 1.29 is 18.3 Å². The van der Waals surface area contributed by atoms with Crippen molar-refractivity contribution >= 4 is 22.1 Å². The number of rotatable bonds is 6. The topological polar surface area (TPSA) is 107 Å². The Hall–Kier alpha value is -2.17. The highest BCUT2D eigenvalue weighted by Gasteiger charge is 2.16. The molecule has 0 bridgehead atoms. The highest BCUT2D eigenvalue weighted by atomic mass is 32.2. The van der Waals surface area contributed by atoms with Crippen molar-refractivity contribution in [1.82, 2.24) is 4.72 Å². The molecule has 1 rings (SSSR count). The molecule has 0 aromatic heterocycles. The zero-order valence-corrected chi connectivity index (χ0v) is 11.6. The van der Waals surface area contributed by atoms with Crippen molar-refractivity contribution in [1.29, 1.82) is 5.26 Å². The van der Waals surface area contributed by atoms with Gasteiger partial charge in [0.05, 0.1) is 17.4 Å². The van der Waals surface area contributed by atoms with Crippen LogP contribution >= 0.6 is 0 Å². The highest BCUT2D eigenvalue weighted by Crippen LogP contribution is 2.12. The Morgan fingerprint density at radius 3 is 2.55 bits per heavy atom. The molecule has 7 heteroatoms. The van der Waals surface area contributed by atoms with Crippen molar-refractivity contribution in [2.45, 2.75) is 24.3 Å². The molecule has 0 saturated heterocycles. The normalized spacial score (nSPS) is 13.0. The third kappa shape index (κ3) is 4.84. The smallest absolute Gasteiger partial charge is 0.328 e. The summed E-state index contributed by atoms with van der Waals surface area (Å²) < 4.78 is 26.3. The van der Waals surface area contributed by atoms with E-state index in [1.54, 1.807) is 6.92 Å². The minimum Gasteiger partial charge on any atom is -0.478 e. The van der Waals surface area contributed by atoms with Crippen LogP contribution < -0.4 is 4.72 Å². The second-order valence-electron chi connectivity index (χ2n) is 4.13. The molecule has 1 atom stereocenters. The SMILES string of the molecule is CC(CC#N)NS(=O)(=O)c1ccc(C=CC(=O)O)cc1. The molecule has 0 aliphatic heterocycles. The summed E-state index contributed by atoms with van der Waals surface area (Å²) in [7, 11) is -3.67. The van der Waals surface area contributed by atoms with Gasteiger partial charge in [0, 0.05) is 12.1 Å². The molecule has 20 heavy (non-hydrogen) atoms. The molecule has 0 fully saturated rings. The van der Waals surface area contributed by atoms with Crippen LogP contribution in [0.25, 0.3) is 6.08 Å². The number of carboxylic acid groups (broad SMARTS) is 1. The average Bonchev–Trinajstić information content (AvgIpc) is 2.36. The van der Waals surface area contributed by atoms with E-state index in [4.69, 9.17) is 10.4 Å². The summed E-state index contributed by atoms with van der Waals surface area (Å²) in [6, 6.07) is 7.17. The molecule has 106 valence electrons. The predicted molar refractivity (Wildman–Crippen MR) is 73.1 cm³/mol. The van der Waals surface area contributed by atoms with Gasteiger partial charge in [0.15, 0.2) is 0 Å². The van der Waals surface area contributed by atoms with Gasteiger partial charge in [-0.2, -0.15) is 5.26 Å². The number of hydrogen-bond donors (Lipinski definition) is 2. The molecular formula is C13H14N2O4S. The maximum atomic E-state index is 12.0. The van der Waals surface area contributed by atoms with E-state index in [1.807, 2.05) is 6.07 Å². The zero-order chi connectivity index (χ0) is 15.2. The lowest BCUT2D eigenvalue weighted by Crippen LogP contribution is -2.32. The number of sulfonamides is 1. The molecule has 0 radical (unpaired) electrons. The number of nitriles is 1. The Balaban J connectivity index is 2.87. The van der Waals surface area contributed by atoms with Gasteiger partial charge >= 0.3 is 5.97 Å². The van der Waals surface area contributed by atoms with Crippen LogP contribution in [0.2, 0.25) is 0 Å². The highest BCUT2D eigenvalue weighted by molar-refractivity contribution is 7.89. The lowest BCUT2D eigenvalue weighted by atomic mass is 10.2. The summed E-state index contributed by atoms with van der Waals surface area (Å²) in [5, 5.41) is 17.0. The van der Waals surface area contributed by atoms with E-state index in [2.05, 4.69) is 4.72 Å². The summed E-state index contributed by atoms with van der Waals surface area (Å²) in [6.07, 6.45) is 2.42. The second-order valence-corrected chi connectivity index (χ2v) is 5.84. The molecule has 0 amide bonds. The number of carboxylic acids is 1. The lowest BCUT2D eigenvalue weighted by molar-refractivity contribution is -0.131. The van der Waals surface area contributed by atoms with Crippen LogP contribution in [0.3, 0.4) is 0 Å². The van der Waals surface area contributed by atoms with Gasteiger partial charge < -0.3 is 5.11 Å². The second kappa shape index (κ2) is 6.84. The first-order valence-corrected chi connectivity index (χ1v) is 7.24. The Morgan fingerprint density at radius 2 is 2.05 bits per heavy atom. The van der Waals surface area contributed by atoms with Gasteiger partial charge in [0.25, 0.3) is 0 Å². The van der Waals surface area contributed by atoms with Crippen LogP contribution in [0.15, 0.2) is 35.2 Å². The van der Waals surface area contributed by atoms with E-state index >= 15 is 0 Å². The quantitative estimate of drug-likeness (QED) is 0.770. The number of hydrogen-bond acceptors (Lipinski definition) is 4. The van der Waals surface area contributed by atoms with E-state index in [0.29, 0.717) is 5.56 Å². The van der Waals surface area contributed by atoms with Gasteiger partial charge in [0.1, 0.15) is 0 Å². The van der Waals surface area contributed by atoms with Crippen LogP contribution in [0.1, 0.15) is 18.9 Å². The molecule has 0 aliphatic carbocycles. The number of benzene rings is 1. The summed E-state index contributed by atoms with van der Waals surface area (Å²) in [5.41, 5.74) is 0.580. The molecule has 0 heterocycles. The minimum atomic E-state index is -3.67.